The van der Waals surface area contributed by atoms with Crippen molar-refractivity contribution in [1.82, 2.24) is 19.4 Å². The first-order valence-corrected chi connectivity index (χ1v) is 14.3. The van der Waals surface area contributed by atoms with Crippen molar-refractivity contribution in [3.63, 3.8) is 0 Å². The molecule has 1 amide bonds. The van der Waals surface area contributed by atoms with E-state index < -0.39 is 50.1 Å². The molecule has 3 heterocycles. The first-order valence-electron chi connectivity index (χ1n) is 13.5. The molecule has 0 saturated carbocycles. The van der Waals surface area contributed by atoms with E-state index in [1.165, 1.54) is 16.7 Å². The van der Waals surface area contributed by atoms with E-state index in [0.29, 0.717) is 30.1 Å². The van der Waals surface area contributed by atoms with Gasteiger partial charge in [0.2, 0.25) is 5.91 Å². The number of benzene rings is 1. The Morgan fingerprint density at radius 1 is 1.07 bits per heavy atom. The van der Waals surface area contributed by atoms with Crippen LogP contribution in [0, 0.1) is 23.4 Å². The third-order valence-corrected chi connectivity index (χ3v) is 8.08. The number of nitrogen functional groups attached to an aromatic ring is 1. The average molecular weight is 649 g/mol. The number of nitrogens with two attached hydrogens (primary N) is 1. The first kappa shape index (κ1) is 32.7. The zero-order valence-corrected chi connectivity index (χ0v) is 26.0. The van der Waals surface area contributed by atoms with Gasteiger partial charge in [-0.2, -0.15) is 4.98 Å². The van der Waals surface area contributed by atoms with Crippen molar-refractivity contribution >= 4 is 63.1 Å². The molecule has 0 atom stereocenters. The summed E-state index contributed by atoms with van der Waals surface area (Å²) in [6.07, 6.45) is 2.74. The van der Waals surface area contributed by atoms with Crippen LogP contribution >= 0.6 is 23.2 Å². The van der Waals surface area contributed by atoms with Gasteiger partial charge in [-0.15, -0.1) is 0 Å². The van der Waals surface area contributed by atoms with Crippen molar-refractivity contribution in [2.45, 2.75) is 20.8 Å². The third kappa shape index (κ3) is 5.59. The fraction of sp³-hybridized carbons (Fsp3) is 0.300. The Morgan fingerprint density at radius 3 is 2.25 bits per heavy atom. The maximum Gasteiger partial charge on any atom is 0.355 e. The SMILES string of the molecule is C=CC(=O)N1CCN(c2nc(=O)n(C(/C(=N\C)C(C)C)=C(\C)C=C)c3nc(-c4c(Cl)c(N)c(F)c(F)c4Cl)c(F)cc23)CC1. The second-order valence-corrected chi connectivity index (χ2v) is 11.1. The van der Waals surface area contributed by atoms with Crippen LogP contribution in [-0.4, -0.2) is 64.3 Å². The van der Waals surface area contributed by atoms with E-state index in [4.69, 9.17) is 28.9 Å². The Labute approximate surface area is 261 Å². The predicted molar refractivity (Wildman–Crippen MR) is 170 cm³/mol. The van der Waals surface area contributed by atoms with Crippen LogP contribution in [0.4, 0.5) is 24.7 Å². The summed E-state index contributed by atoms with van der Waals surface area (Å²) < 4.78 is 46.2. The number of piperazine rings is 1. The summed E-state index contributed by atoms with van der Waals surface area (Å²) in [6, 6.07) is 1.07. The number of aromatic nitrogens is 3. The normalized spacial score (nSPS) is 14.7. The minimum absolute atomic E-state index is 0.0885. The number of nitrogens with zero attached hydrogens (tertiary/aromatic N) is 6. The van der Waals surface area contributed by atoms with Gasteiger partial charge < -0.3 is 15.5 Å². The Balaban J connectivity index is 2.13. The maximum atomic E-state index is 16.0. The molecule has 232 valence electrons. The Bertz CT molecular complexity index is 1800. The molecule has 1 aliphatic rings. The van der Waals surface area contributed by atoms with Gasteiger partial charge in [-0.3, -0.25) is 9.79 Å². The van der Waals surface area contributed by atoms with Gasteiger partial charge in [0, 0.05) is 38.8 Å². The van der Waals surface area contributed by atoms with Crippen molar-refractivity contribution in [2.24, 2.45) is 10.9 Å². The smallest absolute Gasteiger partial charge is 0.355 e. The van der Waals surface area contributed by atoms with Crippen molar-refractivity contribution in [2.75, 3.05) is 43.9 Å². The van der Waals surface area contributed by atoms with Crippen LogP contribution in [0.1, 0.15) is 20.8 Å². The molecule has 0 aliphatic carbocycles. The third-order valence-electron chi connectivity index (χ3n) is 7.33. The van der Waals surface area contributed by atoms with Gasteiger partial charge in [0.1, 0.15) is 17.3 Å². The van der Waals surface area contributed by atoms with Gasteiger partial charge in [-0.05, 0) is 30.6 Å². The summed E-state index contributed by atoms with van der Waals surface area (Å²) in [7, 11) is 1.56. The number of aliphatic imine (C=N–C) groups is 1. The van der Waals surface area contributed by atoms with Gasteiger partial charge in [0.05, 0.1) is 32.5 Å². The lowest BCUT2D eigenvalue weighted by molar-refractivity contribution is -0.126. The highest BCUT2D eigenvalue weighted by Gasteiger charge is 2.30. The van der Waals surface area contributed by atoms with Gasteiger partial charge >= 0.3 is 5.69 Å². The van der Waals surface area contributed by atoms with E-state index in [2.05, 4.69) is 28.1 Å². The number of anilines is 2. The average Bonchev–Trinajstić information content (AvgIpc) is 3.01. The highest BCUT2D eigenvalue weighted by molar-refractivity contribution is 6.41. The number of pyridine rings is 1. The highest BCUT2D eigenvalue weighted by Crippen LogP contribution is 2.43. The van der Waals surface area contributed by atoms with Gasteiger partial charge in [0.15, 0.2) is 17.3 Å². The summed E-state index contributed by atoms with van der Waals surface area (Å²) in [5.41, 5.74) is 4.30. The molecule has 1 aromatic carbocycles. The summed E-state index contributed by atoms with van der Waals surface area (Å²) in [5.74, 6) is -4.36. The van der Waals surface area contributed by atoms with E-state index >= 15 is 4.39 Å². The number of hydrogen-bond acceptors (Lipinski definition) is 7. The van der Waals surface area contributed by atoms with E-state index in [1.54, 1.807) is 23.8 Å². The number of rotatable bonds is 7. The van der Waals surface area contributed by atoms with Crippen LogP contribution in [0.2, 0.25) is 10.0 Å². The van der Waals surface area contributed by atoms with Crippen LogP contribution in [0.15, 0.2) is 46.7 Å². The first-order chi connectivity index (χ1) is 20.8. The Hall–Kier alpha value is -4.16. The fourth-order valence-corrected chi connectivity index (χ4v) is 5.66. The standard InChI is InChI=1S/C30H30Cl2F3N7O2/c1-7-15(5)27(25(37-6)14(3)4)42-29-16(28(39-30(42)44)41-11-9-40(10-12-41)18(43)8-2)13-17(33)26(38-29)19-20(31)22(34)23(35)24(36)21(19)32/h7-8,13-14H,1-2,9-12,36H2,3-6H3/b27-15+,37-25-. The molecule has 44 heavy (non-hydrogen) atoms. The number of amides is 1. The van der Waals surface area contributed by atoms with Crippen molar-refractivity contribution in [1.29, 1.82) is 0 Å². The highest BCUT2D eigenvalue weighted by atomic mass is 35.5. The molecule has 9 nitrogen and oxygen atoms in total. The second-order valence-electron chi connectivity index (χ2n) is 10.3. The van der Waals surface area contributed by atoms with Gasteiger partial charge in [-0.1, -0.05) is 56.3 Å². The monoisotopic (exact) mass is 647 g/mol. The largest absolute Gasteiger partial charge is 0.395 e. The number of halogens is 5. The lowest BCUT2D eigenvalue weighted by Crippen LogP contribution is -2.49. The van der Waals surface area contributed by atoms with Crippen molar-refractivity contribution in [3.8, 4) is 11.3 Å². The zero-order chi connectivity index (χ0) is 32.6. The Morgan fingerprint density at radius 2 is 1.70 bits per heavy atom. The van der Waals surface area contributed by atoms with Crippen LogP contribution in [0.25, 0.3) is 28.0 Å². The van der Waals surface area contributed by atoms with Gasteiger partial charge in [0.25, 0.3) is 0 Å². The molecule has 0 radical (unpaired) electrons. The lowest BCUT2D eigenvalue weighted by Gasteiger charge is -2.35. The molecule has 4 rings (SSSR count). The number of fused-ring (bicyclic) bond motifs is 1. The van der Waals surface area contributed by atoms with Crippen LogP contribution in [-0.2, 0) is 4.79 Å². The molecule has 2 aromatic heterocycles. The van der Waals surface area contributed by atoms with E-state index in [0.717, 1.165) is 6.07 Å². The van der Waals surface area contributed by atoms with E-state index in [9.17, 15) is 18.4 Å². The van der Waals surface area contributed by atoms with Crippen LogP contribution in [0.5, 0.6) is 0 Å². The lowest BCUT2D eigenvalue weighted by atomic mass is 10.0. The van der Waals surface area contributed by atoms with Crippen LogP contribution < -0.4 is 16.3 Å². The fourth-order valence-electron chi connectivity index (χ4n) is 5.08. The molecule has 0 unspecified atom stereocenters. The van der Waals surface area contributed by atoms with E-state index in [1.807, 2.05) is 13.8 Å². The number of carbonyl (C=O) groups excluding carboxylic acids is 1. The molecule has 1 fully saturated rings. The molecular weight excluding hydrogens is 618 g/mol. The molecule has 1 saturated heterocycles. The molecule has 0 bridgehead atoms. The molecular formula is C30H30Cl2F3N7O2. The predicted octanol–water partition coefficient (Wildman–Crippen LogP) is 5.74. The molecule has 14 heteroatoms. The number of hydrogen-bond donors (Lipinski definition) is 1. The number of carbonyl (C=O) groups is 1. The minimum atomic E-state index is -1.53. The minimum Gasteiger partial charge on any atom is -0.395 e. The topological polar surface area (TPSA) is 110 Å². The van der Waals surface area contributed by atoms with Crippen molar-refractivity contribution < 1.29 is 18.0 Å². The Kier molecular flexibility index (Phi) is 9.55. The summed E-state index contributed by atoms with van der Waals surface area (Å²) in [5, 5.41) is -1.28. The quantitative estimate of drug-likeness (QED) is 0.0874. The number of allylic oxidation sites excluding steroid dienone is 3. The molecule has 1 aliphatic heterocycles. The maximum absolute atomic E-state index is 16.0. The van der Waals surface area contributed by atoms with E-state index in [-0.39, 0.29) is 41.8 Å². The molecule has 2 N–H and O–H groups in total. The molecule has 0 spiro atoms. The second kappa shape index (κ2) is 12.8. The summed E-state index contributed by atoms with van der Waals surface area (Å²) in [4.78, 5) is 42.6. The van der Waals surface area contributed by atoms with Crippen LogP contribution in [0.3, 0.4) is 0 Å². The van der Waals surface area contributed by atoms with Gasteiger partial charge in [-0.25, -0.2) is 27.5 Å². The zero-order valence-electron chi connectivity index (χ0n) is 24.5. The molecule has 3 aromatic rings. The summed E-state index contributed by atoms with van der Waals surface area (Å²) >= 11 is 12.4. The van der Waals surface area contributed by atoms with Crippen molar-refractivity contribution in [3.05, 3.63) is 74.9 Å². The summed E-state index contributed by atoms with van der Waals surface area (Å²) in [6.45, 7) is 14.0.